The highest BCUT2D eigenvalue weighted by molar-refractivity contribution is 7.74. The van der Waals surface area contributed by atoms with Crippen molar-refractivity contribution in [2.45, 2.75) is 19.1 Å². The Morgan fingerprint density at radius 2 is 1.00 bits per heavy atom. The van der Waals surface area contributed by atoms with Crippen LogP contribution in [-0.4, -0.2) is 15.2 Å². The minimum absolute atomic E-state index is 0. The van der Waals surface area contributed by atoms with E-state index in [4.69, 9.17) is 0 Å². The number of rotatable bonds is 7. The minimum atomic E-state index is -4.40. The summed E-state index contributed by atoms with van der Waals surface area (Å²) in [5, 5.41) is 3.16. The van der Waals surface area contributed by atoms with E-state index in [1.54, 1.807) is 36.4 Å². The molecule has 0 fully saturated rings. The van der Waals surface area contributed by atoms with Crippen LogP contribution in [0.3, 0.4) is 0 Å². The van der Waals surface area contributed by atoms with E-state index < -0.39 is 19.6 Å². The molecule has 1 aromatic heterocycles. The molecule has 0 bridgehead atoms. The number of benzene rings is 4. The first-order valence-corrected chi connectivity index (χ1v) is 13.8. The smallest absolute Gasteiger partial charge is 0.272 e. The van der Waals surface area contributed by atoms with Gasteiger partial charge in [-0.3, -0.25) is 4.57 Å². The van der Waals surface area contributed by atoms with Gasteiger partial charge in [-0.05, 0) is 21.2 Å². The van der Waals surface area contributed by atoms with E-state index in [9.17, 15) is 8.78 Å². The Kier molecular flexibility index (Phi) is 10.4. The molecular weight excluding hydrogens is 526 g/mol. The van der Waals surface area contributed by atoms with Crippen LogP contribution >= 0.6 is 16.5 Å². The maximum atomic E-state index is 15.0. The second-order valence-electron chi connectivity index (χ2n) is 7.92. The Bertz CT molecular complexity index is 1260. The van der Waals surface area contributed by atoms with Gasteiger partial charge in [0.25, 0.3) is 0 Å². The topological polar surface area (TPSA) is 17.8 Å². The molecule has 0 N–H and O–H groups in total. The molecule has 0 saturated heterocycles. The third-order valence-corrected chi connectivity index (χ3v) is 9.04. The average molecular weight is 555 g/mol. The average Bonchev–Trinajstić information content (AvgIpc) is 3.48. The zero-order valence-corrected chi connectivity index (χ0v) is 21.5. The highest BCUT2D eigenvalue weighted by atomic mass is 31.1. The summed E-state index contributed by atoms with van der Waals surface area (Å²) < 4.78 is 59.4. The number of alkyl halides is 4. The standard InChI is InChI=1S/C17H13F4N2P.C12H11P.CH4/c18-16(19,23-12-11-22-13-23)17(20,21)24(14-7-3-1-4-8-14)15-9-5-2-6-10-15;1-3-7-11(8-4-1)13-12-9-5-2-6-10-12;/h1-13H;1-10,13H;1H4. The molecule has 0 unspecified atom stereocenters. The summed E-state index contributed by atoms with van der Waals surface area (Å²) in [5.74, 6) is 0. The summed E-state index contributed by atoms with van der Waals surface area (Å²) in [6.45, 7) is 0. The maximum Gasteiger partial charge on any atom is 0.397 e. The Hall–Kier alpha value is -3.33. The molecule has 0 amide bonds. The molecular formula is C30H28F4N2P2. The van der Waals surface area contributed by atoms with Crippen LogP contribution in [0.4, 0.5) is 17.6 Å². The Morgan fingerprint density at radius 3 is 1.37 bits per heavy atom. The molecule has 0 radical (unpaired) electrons. The summed E-state index contributed by atoms with van der Waals surface area (Å²) >= 11 is 0. The van der Waals surface area contributed by atoms with Crippen molar-refractivity contribution < 1.29 is 17.6 Å². The SMILES string of the molecule is C.FC(F)(n1ccnc1)C(F)(F)P(c1ccccc1)c1ccccc1.c1ccc(Pc2ccccc2)cc1. The lowest BCUT2D eigenvalue weighted by molar-refractivity contribution is -0.212. The molecule has 4 aromatic carbocycles. The maximum absolute atomic E-state index is 15.0. The van der Waals surface area contributed by atoms with Crippen LogP contribution < -0.4 is 21.2 Å². The second-order valence-corrected chi connectivity index (χ2v) is 11.6. The lowest BCUT2D eigenvalue weighted by Gasteiger charge is -2.34. The molecule has 1 heterocycles. The molecule has 38 heavy (non-hydrogen) atoms. The van der Waals surface area contributed by atoms with Crippen molar-refractivity contribution in [3.05, 3.63) is 140 Å². The molecule has 5 rings (SSSR count). The van der Waals surface area contributed by atoms with Crippen molar-refractivity contribution in [3.8, 4) is 0 Å². The van der Waals surface area contributed by atoms with E-state index in [1.807, 2.05) is 0 Å². The van der Waals surface area contributed by atoms with Gasteiger partial charge in [-0.15, -0.1) is 0 Å². The summed E-state index contributed by atoms with van der Waals surface area (Å²) in [4.78, 5) is 3.46. The summed E-state index contributed by atoms with van der Waals surface area (Å²) in [7, 11) is -1.84. The van der Waals surface area contributed by atoms with Crippen molar-refractivity contribution in [2.24, 2.45) is 0 Å². The zero-order valence-electron chi connectivity index (χ0n) is 19.6. The van der Waals surface area contributed by atoms with Crippen molar-refractivity contribution in [3.63, 3.8) is 0 Å². The van der Waals surface area contributed by atoms with Crippen molar-refractivity contribution in [1.29, 1.82) is 0 Å². The van der Waals surface area contributed by atoms with E-state index in [1.165, 1.54) is 34.9 Å². The van der Waals surface area contributed by atoms with Crippen LogP contribution in [0.2, 0.25) is 0 Å². The van der Waals surface area contributed by atoms with E-state index in [2.05, 4.69) is 65.6 Å². The number of hydrogen-bond donors (Lipinski definition) is 0. The zero-order chi connectivity index (χ0) is 26.1. The van der Waals surface area contributed by atoms with E-state index in [-0.39, 0.29) is 22.6 Å². The molecule has 0 atom stereocenters. The van der Waals surface area contributed by atoms with Crippen LogP contribution in [-0.2, 0) is 6.05 Å². The summed E-state index contributed by atoms with van der Waals surface area (Å²) in [5.41, 5.74) is -4.30. The quantitative estimate of drug-likeness (QED) is 0.155. The Morgan fingerprint density at radius 1 is 0.605 bits per heavy atom. The van der Waals surface area contributed by atoms with Gasteiger partial charge in [0.15, 0.2) is 0 Å². The second kappa shape index (κ2) is 13.5. The molecule has 196 valence electrons. The Balaban J connectivity index is 0.000000242. The van der Waals surface area contributed by atoms with Gasteiger partial charge in [0.05, 0.1) is 6.33 Å². The van der Waals surface area contributed by atoms with E-state index >= 15 is 8.78 Å². The fourth-order valence-electron chi connectivity index (χ4n) is 3.55. The fraction of sp³-hybridized carbons (Fsp3) is 0.100. The lowest BCUT2D eigenvalue weighted by Crippen LogP contribution is -2.45. The number of halogens is 4. The van der Waals surface area contributed by atoms with Gasteiger partial charge in [-0.2, -0.15) is 17.6 Å². The predicted octanol–water partition coefficient (Wildman–Crippen LogP) is 7.11. The molecule has 0 aliphatic rings. The number of nitrogens with zero attached hydrogens (tertiary/aromatic N) is 2. The Labute approximate surface area is 223 Å². The molecule has 0 spiro atoms. The van der Waals surface area contributed by atoms with Gasteiger partial charge in [0.1, 0.15) is 0 Å². The molecule has 5 aromatic rings. The van der Waals surface area contributed by atoms with Gasteiger partial charge >= 0.3 is 11.7 Å². The number of hydrogen-bond acceptors (Lipinski definition) is 1. The first-order chi connectivity index (χ1) is 17.9. The summed E-state index contributed by atoms with van der Waals surface area (Å²) in [6.07, 6.45) is 2.60. The van der Waals surface area contributed by atoms with Gasteiger partial charge in [0, 0.05) is 20.3 Å². The van der Waals surface area contributed by atoms with E-state index in [0.29, 0.717) is 6.33 Å². The predicted molar refractivity (Wildman–Crippen MR) is 154 cm³/mol. The largest absolute Gasteiger partial charge is 0.397 e. The third-order valence-electron chi connectivity index (χ3n) is 5.34. The number of aromatic nitrogens is 2. The molecule has 2 nitrogen and oxygen atoms in total. The third kappa shape index (κ3) is 6.95. The highest BCUT2D eigenvalue weighted by Gasteiger charge is 2.63. The van der Waals surface area contributed by atoms with Gasteiger partial charge in [0.2, 0.25) is 0 Å². The number of imidazole rings is 1. The van der Waals surface area contributed by atoms with Gasteiger partial charge in [-0.1, -0.05) is 137 Å². The molecule has 0 saturated carbocycles. The normalized spacial score (nSPS) is 11.3. The lowest BCUT2D eigenvalue weighted by atomic mass is 10.4. The van der Waals surface area contributed by atoms with Gasteiger partial charge in [-0.25, -0.2) is 4.98 Å². The van der Waals surface area contributed by atoms with Crippen LogP contribution in [0.1, 0.15) is 7.43 Å². The first kappa shape index (κ1) is 29.2. The van der Waals surface area contributed by atoms with Crippen LogP contribution in [0.5, 0.6) is 0 Å². The monoisotopic (exact) mass is 554 g/mol. The molecule has 0 aliphatic carbocycles. The minimum Gasteiger partial charge on any atom is -0.272 e. The van der Waals surface area contributed by atoms with Crippen LogP contribution in [0, 0.1) is 0 Å². The highest BCUT2D eigenvalue weighted by Crippen LogP contribution is 2.59. The first-order valence-electron chi connectivity index (χ1n) is 11.4. The van der Waals surface area contributed by atoms with Crippen molar-refractivity contribution in [2.75, 3.05) is 0 Å². The fourth-order valence-corrected chi connectivity index (χ4v) is 6.88. The summed E-state index contributed by atoms with van der Waals surface area (Å²) in [6, 6.07) is 32.2. The molecule has 8 heteroatoms. The van der Waals surface area contributed by atoms with Gasteiger partial charge < -0.3 is 0 Å². The van der Waals surface area contributed by atoms with Crippen LogP contribution in [0.15, 0.2) is 140 Å². The van der Waals surface area contributed by atoms with Crippen molar-refractivity contribution in [1.82, 2.24) is 9.55 Å². The van der Waals surface area contributed by atoms with Crippen molar-refractivity contribution >= 4 is 37.7 Å². The van der Waals surface area contributed by atoms with Crippen LogP contribution in [0.25, 0.3) is 0 Å². The molecule has 0 aliphatic heterocycles. The van der Waals surface area contributed by atoms with E-state index in [0.717, 1.165) is 21.0 Å².